The maximum absolute atomic E-state index is 5.64. The number of nitrogens with two attached hydrogens (primary N) is 1. The van der Waals surface area contributed by atoms with Gasteiger partial charge in [0.1, 0.15) is 4.47 Å². The fraction of sp³-hybridized carbons (Fsp3) is 0.250. The van der Waals surface area contributed by atoms with E-state index in [1.165, 1.54) is 24.0 Å². The minimum atomic E-state index is 0.399. The highest BCUT2D eigenvalue weighted by Crippen LogP contribution is 2.34. The molecule has 0 spiro atoms. The number of aryl methyl sites for hydroxylation is 2. The molecule has 0 bridgehead atoms. The molecule has 16 heavy (non-hydrogen) atoms. The van der Waals surface area contributed by atoms with Crippen LogP contribution in [0.3, 0.4) is 0 Å². The summed E-state index contributed by atoms with van der Waals surface area (Å²) < 4.78 is 5.96. The number of halogens is 1. The third-order valence-electron chi connectivity index (χ3n) is 3.02. The Morgan fingerprint density at radius 1 is 1.25 bits per heavy atom. The number of anilines is 1. The number of hydrogen-bond donors (Lipinski definition) is 1. The molecule has 3 rings (SSSR count). The van der Waals surface area contributed by atoms with Crippen LogP contribution in [0, 0.1) is 0 Å². The van der Waals surface area contributed by atoms with Gasteiger partial charge in [0.2, 0.25) is 0 Å². The van der Waals surface area contributed by atoms with E-state index in [0.717, 1.165) is 16.5 Å². The second-order valence-electron chi connectivity index (χ2n) is 4.05. The van der Waals surface area contributed by atoms with Crippen molar-refractivity contribution < 1.29 is 4.52 Å². The third kappa shape index (κ3) is 1.45. The Balaban J connectivity index is 2.10. The summed E-state index contributed by atoms with van der Waals surface area (Å²) >= 11 is 3.39. The number of nitrogen functional groups attached to an aromatic ring is 1. The Morgan fingerprint density at radius 2 is 2.06 bits per heavy atom. The Hall–Kier alpha value is -1.29. The summed E-state index contributed by atoms with van der Waals surface area (Å²) in [5.41, 5.74) is 9.55. The molecule has 1 heterocycles. The fourth-order valence-electron chi connectivity index (χ4n) is 2.18. The molecule has 82 valence electrons. The molecule has 0 fully saturated rings. The van der Waals surface area contributed by atoms with Crippen LogP contribution in [-0.2, 0) is 12.8 Å². The molecule has 0 atom stereocenters. The molecule has 0 amide bonds. The lowest BCUT2D eigenvalue weighted by atomic mass is 10.1. The van der Waals surface area contributed by atoms with Gasteiger partial charge in [0.05, 0.1) is 0 Å². The van der Waals surface area contributed by atoms with Gasteiger partial charge in [0, 0.05) is 5.56 Å². The van der Waals surface area contributed by atoms with Crippen LogP contribution in [0.25, 0.3) is 11.3 Å². The van der Waals surface area contributed by atoms with Gasteiger partial charge in [0.15, 0.2) is 11.6 Å². The number of benzene rings is 1. The van der Waals surface area contributed by atoms with E-state index >= 15 is 0 Å². The smallest absolute Gasteiger partial charge is 0.183 e. The predicted molar refractivity (Wildman–Crippen MR) is 66.1 cm³/mol. The summed E-state index contributed by atoms with van der Waals surface area (Å²) in [7, 11) is 0. The Morgan fingerprint density at radius 3 is 2.81 bits per heavy atom. The minimum absolute atomic E-state index is 0.399. The fourth-order valence-corrected chi connectivity index (χ4v) is 2.56. The zero-order valence-corrected chi connectivity index (χ0v) is 10.3. The molecule has 2 N–H and O–H groups in total. The summed E-state index contributed by atoms with van der Waals surface area (Å²) in [5.74, 6) is 1.11. The van der Waals surface area contributed by atoms with Crippen molar-refractivity contribution >= 4 is 21.7 Å². The van der Waals surface area contributed by atoms with E-state index in [1.54, 1.807) is 0 Å². The zero-order valence-electron chi connectivity index (χ0n) is 8.66. The van der Waals surface area contributed by atoms with Gasteiger partial charge >= 0.3 is 0 Å². The van der Waals surface area contributed by atoms with Crippen LogP contribution < -0.4 is 5.73 Å². The number of fused-ring (bicyclic) bond motifs is 1. The van der Waals surface area contributed by atoms with Gasteiger partial charge in [-0.05, 0) is 52.4 Å². The molecule has 0 radical (unpaired) electrons. The largest absolute Gasteiger partial charge is 0.380 e. The average Bonchev–Trinajstić information content (AvgIpc) is 2.86. The highest BCUT2D eigenvalue weighted by Gasteiger charge is 2.16. The molecule has 1 aromatic heterocycles. The molecule has 1 aliphatic rings. The van der Waals surface area contributed by atoms with E-state index in [0.29, 0.717) is 11.6 Å². The first-order chi connectivity index (χ1) is 7.75. The van der Waals surface area contributed by atoms with Gasteiger partial charge in [0.25, 0.3) is 0 Å². The highest BCUT2D eigenvalue weighted by atomic mass is 79.9. The van der Waals surface area contributed by atoms with Crippen LogP contribution in [0.4, 0.5) is 5.82 Å². The zero-order chi connectivity index (χ0) is 11.1. The molecule has 2 aromatic rings. The summed E-state index contributed by atoms with van der Waals surface area (Å²) in [4.78, 5) is 0. The molecule has 0 aliphatic heterocycles. The van der Waals surface area contributed by atoms with Crippen LogP contribution in [0.2, 0.25) is 0 Å². The molecule has 1 aliphatic carbocycles. The van der Waals surface area contributed by atoms with Crippen molar-refractivity contribution in [2.24, 2.45) is 0 Å². The molecule has 1 aromatic carbocycles. The first-order valence-corrected chi connectivity index (χ1v) is 6.08. The molecule has 0 unspecified atom stereocenters. The maximum Gasteiger partial charge on any atom is 0.183 e. The van der Waals surface area contributed by atoms with E-state index < -0.39 is 0 Å². The maximum atomic E-state index is 5.64. The van der Waals surface area contributed by atoms with Crippen molar-refractivity contribution in [2.45, 2.75) is 19.3 Å². The summed E-state index contributed by atoms with van der Waals surface area (Å²) in [5, 5.41) is 3.74. The second-order valence-corrected chi connectivity index (χ2v) is 4.84. The van der Waals surface area contributed by atoms with E-state index in [9.17, 15) is 0 Å². The van der Waals surface area contributed by atoms with Crippen molar-refractivity contribution in [3.63, 3.8) is 0 Å². The van der Waals surface area contributed by atoms with Crippen LogP contribution >= 0.6 is 15.9 Å². The van der Waals surface area contributed by atoms with E-state index in [2.05, 4.69) is 39.3 Å². The highest BCUT2D eigenvalue weighted by molar-refractivity contribution is 9.10. The molecule has 4 heteroatoms. The number of rotatable bonds is 1. The van der Waals surface area contributed by atoms with Crippen molar-refractivity contribution in [3.05, 3.63) is 33.8 Å². The Kier molecular flexibility index (Phi) is 2.24. The van der Waals surface area contributed by atoms with Gasteiger partial charge in [-0.1, -0.05) is 17.3 Å². The normalized spacial score (nSPS) is 14.1. The van der Waals surface area contributed by atoms with Gasteiger partial charge in [-0.25, -0.2) is 0 Å². The first kappa shape index (κ1) is 9.90. The Labute approximate surface area is 102 Å². The van der Waals surface area contributed by atoms with Crippen molar-refractivity contribution in [1.82, 2.24) is 5.16 Å². The standard InChI is InChI=1S/C12H11BrN2O/c13-10-11(16-15-12(10)14)9-5-4-7-2-1-3-8(7)6-9/h4-6H,1-3H2,(H2,14,15). The van der Waals surface area contributed by atoms with E-state index in [1.807, 2.05) is 0 Å². The average molecular weight is 279 g/mol. The van der Waals surface area contributed by atoms with Crippen LogP contribution in [0.1, 0.15) is 17.5 Å². The second kappa shape index (κ2) is 3.63. The lowest BCUT2D eigenvalue weighted by molar-refractivity contribution is 0.435. The molecular formula is C12H11BrN2O. The quantitative estimate of drug-likeness (QED) is 0.872. The van der Waals surface area contributed by atoms with Crippen LogP contribution in [-0.4, -0.2) is 5.16 Å². The van der Waals surface area contributed by atoms with Gasteiger partial charge in [-0.2, -0.15) is 0 Å². The molecule has 0 saturated heterocycles. The topological polar surface area (TPSA) is 52.0 Å². The minimum Gasteiger partial charge on any atom is -0.380 e. The number of aromatic nitrogens is 1. The van der Waals surface area contributed by atoms with E-state index in [-0.39, 0.29) is 0 Å². The lowest BCUT2D eigenvalue weighted by Crippen LogP contribution is -1.85. The summed E-state index contributed by atoms with van der Waals surface area (Å²) in [6.45, 7) is 0. The summed E-state index contributed by atoms with van der Waals surface area (Å²) in [6, 6.07) is 6.41. The summed E-state index contributed by atoms with van der Waals surface area (Å²) in [6.07, 6.45) is 3.60. The van der Waals surface area contributed by atoms with Gasteiger partial charge in [-0.3, -0.25) is 0 Å². The first-order valence-electron chi connectivity index (χ1n) is 5.28. The van der Waals surface area contributed by atoms with E-state index in [4.69, 9.17) is 10.3 Å². The van der Waals surface area contributed by atoms with Crippen molar-refractivity contribution in [3.8, 4) is 11.3 Å². The van der Waals surface area contributed by atoms with Crippen molar-refractivity contribution in [1.29, 1.82) is 0 Å². The number of nitrogens with zero attached hydrogens (tertiary/aromatic N) is 1. The number of hydrogen-bond acceptors (Lipinski definition) is 3. The molecule has 0 saturated carbocycles. The predicted octanol–water partition coefficient (Wildman–Crippen LogP) is 3.18. The van der Waals surface area contributed by atoms with Crippen LogP contribution in [0.5, 0.6) is 0 Å². The Bertz CT molecular complexity index is 548. The van der Waals surface area contributed by atoms with Crippen molar-refractivity contribution in [2.75, 3.05) is 5.73 Å². The molecule has 3 nitrogen and oxygen atoms in total. The molecular weight excluding hydrogens is 268 g/mol. The SMILES string of the molecule is Nc1noc(-c2ccc3c(c2)CCC3)c1Br. The third-order valence-corrected chi connectivity index (χ3v) is 3.79. The lowest BCUT2D eigenvalue weighted by Gasteiger charge is -2.01. The van der Waals surface area contributed by atoms with Gasteiger partial charge < -0.3 is 10.3 Å². The van der Waals surface area contributed by atoms with Crippen LogP contribution in [0.15, 0.2) is 27.2 Å². The monoisotopic (exact) mass is 278 g/mol. The van der Waals surface area contributed by atoms with Gasteiger partial charge in [-0.15, -0.1) is 0 Å².